The Bertz CT molecular complexity index is 416. The lowest BCUT2D eigenvalue weighted by Crippen LogP contribution is -2.42. The van der Waals surface area contributed by atoms with Gasteiger partial charge in [-0.2, -0.15) is 0 Å². The lowest BCUT2D eigenvalue weighted by Gasteiger charge is -2.24. The van der Waals surface area contributed by atoms with Gasteiger partial charge in [-0.1, -0.05) is 6.58 Å². The van der Waals surface area contributed by atoms with Crippen molar-refractivity contribution in [1.29, 1.82) is 0 Å². The van der Waals surface area contributed by atoms with Gasteiger partial charge in [-0.15, -0.1) is 0 Å². The molecule has 92 valence electrons. The lowest BCUT2D eigenvalue weighted by molar-refractivity contribution is 0.180. The molecule has 17 heavy (non-hydrogen) atoms. The Morgan fingerprint density at radius 3 is 2.94 bits per heavy atom. The Morgan fingerprint density at radius 1 is 1.65 bits per heavy atom. The van der Waals surface area contributed by atoms with Gasteiger partial charge in [0.25, 0.3) is 0 Å². The molecule has 1 aromatic rings. The molecule has 0 bridgehead atoms. The molecule has 0 spiro atoms. The van der Waals surface area contributed by atoms with Crippen LogP contribution in [0.25, 0.3) is 6.08 Å². The Hall–Kier alpha value is -1.91. The Morgan fingerprint density at radius 2 is 2.35 bits per heavy atom. The maximum atomic E-state index is 10.6. The van der Waals surface area contributed by atoms with Crippen molar-refractivity contribution in [2.75, 3.05) is 0 Å². The minimum absolute atomic E-state index is 0.467. The summed E-state index contributed by atoms with van der Waals surface area (Å²) in [5.41, 5.74) is 0.417. The highest BCUT2D eigenvalue weighted by Crippen LogP contribution is 2.12. The third-order valence-corrected chi connectivity index (χ3v) is 2.37. The minimum atomic E-state index is -1.01. The van der Waals surface area contributed by atoms with Crippen LogP contribution in [0.1, 0.15) is 31.8 Å². The Balaban J connectivity index is 2.60. The van der Waals surface area contributed by atoms with E-state index in [9.17, 15) is 4.79 Å². The molecule has 5 heteroatoms. The first kappa shape index (κ1) is 13.2. The molecular formula is C12H17N3O2. The summed E-state index contributed by atoms with van der Waals surface area (Å²) in [6.07, 6.45) is 3.62. The fourth-order valence-electron chi connectivity index (χ4n) is 1.44. The third-order valence-electron chi connectivity index (χ3n) is 2.37. The van der Waals surface area contributed by atoms with E-state index in [4.69, 9.17) is 5.11 Å². The van der Waals surface area contributed by atoms with E-state index >= 15 is 0 Å². The highest BCUT2D eigenvalue weighted by atomic mass is 16.4. The van der Waals surface area contributed by atoms with Crippen molar-refractivity contribution >= 4 is 12.2 Å². The van der Waals surface area contributed by atoms with E-state index in [0.717, 1.165) is 5.69 Å². The minimum Gasteiger partial charge on any atom is -0.465 e. The van der Waals surface area contributed by atoms with E-state index in [1.54, 1.807) is 12.3 Å². The molecule has 0 saturated heterocycles. The number of carboxylic acid groups (broad SMARTS) is 1. The van der Waals surface area contributed by atoms with E-state index < -0.39 is 11.6 Å². The zero-order valence-corrected chi connectivity index (χ0v) is 10.1. The number of nitrogens with zero attached hydrogens (tertiary/aromatic N) is 2. The summed E-state index contributed by atoms with van der Waals surface area (Å²) >= 11 is 0. The molecule has 0 aliphatic heterocycles. The SMILES string of the molecule is C=Cc1nccc(CCC(C)(C)NC(=O)O)n1. The molecule has 5 nitrogen and oxygen atoms in total. The van der Waals surface area contributed by atoms with Gasteiger partial charge < -0.3 is 10.4 Å². The van der Waals surface area contributed by atoms with Crippen LogP contribution in [-0.4, -0.2) is 26.7 Å². The third kappa shape index (κ3) is 4.63. The van der Waals surface area contributed by atoms with E-state index in [0.29, 0.717) is 18.7 Å². The van der Waals surface area contributed by atoms with Gasteiger partial charge in [-0.05, 0) is 38.8 Å². The molecule has 0 atom stereocenters. The monoisotopic (exact) mass is 235 g/mol. The number of hydrogen-bond acceptors (Lipinski definition) is 3. The van der Waals surface area contributed by atoms with Crippen LogP contribution >= 0.6 is 0 Å². The van der Waals surface area contributed by atoms with Gasteiger partial charge in [0.1, 0.15) is 0 Å². The second-order valence-electron chi connectivity index (χ2n) is 4.42. The van der Waals surface area contributed by atoms with Crippen molar-refractivity contribution in [3.63, 3.8) is 0 Å². The van der Waals surface area contributed by atoms with Crippen molar-refractivity contribution in [3.05, 3.63) is 30.4 Å². The lowest BCUT2D eigenvalue weighted by atomic mass is 9.97. The molecule has 0 aliphatic rings. The summed E-state index contributed by atoms with van der Waals surface area (Å²) in [4.78, 5) is 18.9. The summed E-state index contributed by atoms with van der Waals surface area (Å²) in [6, 6.07) is 1.82. The molecule has 2 N–H and O–H groups in total. The quantitative estimate of drug-likeness (QED) is 0.819. The van der Waals surface area contributed by atoms with Crippen LogP contribution in [0, 0.1) is 0 Å². The molecule has 0 saturated carbocycles. The highest BCUT2D eigenvalue weighted by molar-refractivity contribution is 5.65. The molecule has 0 fully saturated rings. The fourth-order valence-corrected chi connectivity index (χ4v) is 1.44. The van der Waals surface area contributed by atoms with Gasteiger partial charge in [0.2, 0.25) is 0 Å². The van der Waals surface area contributed by atoms with Crippen molar-refractivity contribution in [1.82, 2.24) is 15.3 Å². The number of hydrogen-bond donors (Lipinski definition) is 2. The first-order chi connectivity index (χ1) is 7.93. The second kappa shape index (κ2) is 5.43. The largest absolute Gasteiger partial charge is 0.465 e. The van der Waals surface area contributed by atoms with Crippen molar-refractivity contribution in [2.45, 2.75) is 32.2 Å². The van der Waals surface area contributed by atoms with Gasteiger partial charge in [0.05, 0.1) is 0 Å². The maximum Gasteiger partial charge on any atom is 0.405 e. The average molecular weight is 235 g/mol. The summed E-state index contributed by atoms with van der Waals surface area (Å²) < 4.78 is 0. The first-order valence-corrected chi connectivity index (χ1v) is 5.38. The molecule has 0 radical (unpaired) electrons. The zero-order chi connectivity index (χ0) is 12.9. The van der Waals surface area contributed by atoms with Crippen LogP contribution in [0.2, 0.25) is 0 Å². The van der Waals surface area contributed by atoms with Crippen LogP contribution in [0.4, 0.5) is 4.79 Å². The number of nitrogens with one attached hydrogen (secondary N) is 1. The van der Waals surface area contributed by atoms with Crippen LogP contribution in [0.5, 0.6) is 0 Å². The normalized spacial score (nSPS) is 10.9. The summed E-state index contributed by atoms with van der Waals surface area (Å²) in [5, 5.41) is 11.1. The molecular weight excluding hydrogens is 218 g/mol. The number of rotatable bonds is 5. The van der Waals surface area contributed by atoms with Crippen molar-refractivity contribution < 1.29 is 9.90 Å². The van der Waals surface area contributed by atoms with Gasteiger partial charge in [0, 0.05) is 17.4 Å². The van der Waals surface area contributed by atoms with Crippen LogP contribution in [0.15, 0.2) is 18.8 Å². The van der Waals surface area contributed by atoms with Gasteiger partial charge >= 0.3 is 6.09 Å². The molecule has 1 heterocycles. The standard InChI is InChI=1S/C12H17N3O2/c1-4-10-13-8-6-9(14-10)5-7-12(2,3)15-11(16)17/h4,6,8,15H,1,5,7H2,2-3H3,(H,16,17). The molecule has 1 aromatic heterocycles. The van der Waals surface area contributed by atoms with Crippen LogP contribution < -0.4 is 5.32 Å². The van der Waals surface area contributed by atoms with Crippen LogP contribution in [-0.2, 0) is 6.42 Å². The summed E-state index contributed by atoms with van der Waals surface area (Å²) in [7, 11) is 0. The summed E-state index contributed by atoms with van der Waals surface area (Å²) in [6.45, 7) is 7.29. The molecule has 0 aliphatic carbocycles. The Labute approximate surface area is 101 Å². The van der Waals surface area contributed by atoms with Gasteiger partial charge in [-0.3, -0.25) is 0 Å². The van der Waals surface area contributed by atoms with Gasteiger partial charge in [0.15, 0.2) is 5.82 Å². The zero-order valence-electron chi connectivity index (χ0n) is 10.1. The molecule has 1 rings (SSSR count). The fraction of sp³-hybridized carbons (Fsp3) is 0.417. The summed E-state index contributed by atoms with van der Waals surface area (Å²) in [5.74, 6) is 0.589. The first-order valence-electron chi connectivity index (χ1n) is 5.38. The van der Waals surface area contributed by atoms with E-state index in [1.165, 1.54) is 0 Å². The smallest absolute Gasteiger partial charge is 0.405 e. The second-order valence-corrected chi connectivity index (χ2v) is 4.42. The van der Waals surface area contributed by atoms with E-state index in [1.807, 2.05) is 19.9 Å². The van der Waals surface area contributed by atoms with E-state index in [-0.39, 0.29) is 0 Å². The Kier molecular flexibility index (Phi) is 4.20. The molecule has 0 unspecified atom stereocenters. The van der Waals surface area contributed by atoms with Crippen molar-refractivity contribution in [2.24, 2.45) is 0 Å². The number of aromatic nitrogens is 2. The van der Waals surface area contributed by atoms with E-state index in [2.05, 4.69) is 21.9 Å². The molecule has 0 aromatic carbocycles. The predicted molar refractivity (Wildman–Crippen MR) is 65.7 cm³/mol. The number of carbonyl (C=O) groups is 1. The molecule has 1 amide bonds. The maximum absolute atomic E-state index is 10.6. The predicted octanol–water partition coefficient (Wildman–Crippen LogP) is 2.10. The highest BCUT2D eigenvalue weighted by Gasteiger charge is 2.19. The topological polar surface area (TPSA) is 75.1 Å². The number of aryl methyl sites for hydroxylation is 1. The number of amides is 1. The average Bonchev–Trinajstić information content (AvgIpc) is 2.25. The van der Waals surface area contributed by atoms with Crippen molar-refractivity contribution in [3.8, 4) is 0 Å². The van der Waals surface area contributed by atoms with Crippen LogP contribution in [0.3, 0.4) is 0 Å². The van der Waals surface area contributed by atoms with Gasteiger partial charge in [-0.25, -0.2) is 14.8 Å².